The number of urea groups is 1. The minimum Gasteiger partial charge on any atom is -0.342 e. The molecule has 1 atom stereocenters. The van der Waals surface area contributed by atoms with E-state index in [0.717, 1.165) is 45.2 Å². The highest BCUT2D eigenvalue weighted by atomic mass is 16.2. The standard InChI is InChI=1S/C21H31N3O2/c1-17(2)22-20(26)24-15-12-21(16-24)11-7-14-23(19(21)25)13-6-10-18-8-4-3-5-9-18/h3-5,8-9,17H,6-7,10-16H2,1-2H3,(H,22,26)/t21-/m1/s1. The highest BCUT2D eigenvalue weighted by Gasteiger charge is 2.49. The average molecular weight is 357 g/mol. The molecule has 1 spiro atoms. The van der Waals surface area contributed by atoms with Crippen molar-refractivity contribution in [3.63, 3.8) is 0 Å². The van der Waals surface area contributed by atoms with Crippen molar-refractivity contribution in [3.05, 3.63) is 35.9 Å². The van der Waals surface area contributed by atoms with Crippen molar-refractivity contribution in [2.45, 2.75) is 52.0 Å². The predicted octanol–water partition coefficient (Wildman–Crippen LogP) is 3.05. The first-order valence-electron chi connectivity index (χ1n) is 9.89. The van der Waals surface area contributed by atoms with Crippen molar-refractivity contribution in [3.8, 4) is 0 Å². The Morgan fingerprint density at radius 1 is 1.19 bits per heavy atom. The molecule has 5 heteroatoms. The molecule has 0 radical (unpaired) electrons. The van der Waals surface area contributed by atoms with Crippen LogP contribution in [0.5, 0.6) is 0 Å². The number of piperidine rings is 1. The van der Waals surface area contributed by atoms with Gasteiger partial charge in [0.1, 0.15) is 0 Å². The lowest BCUT2D eigenvalue weighted by molar-refractivity contribution is -0.145. The number of hydrogen-bond acceptors (Lipinski definition) is 2. The molecule has 142 valence electrons. The Morgan fingerprint density at radius 2 is 1.96 bits per heavy atom. The monoisotopic (exact) mass is 357 g/mol. The van der Waals surface area contributed by atoms with Crippen molar-refractivity contribution in [2.75, 3.05) is 26.2 Å². The quantitative estimate of drug-likeness (QED) is 0.880. The number of carbonyl (C=O) groups excluding carboxylic acids is 2. The van der Waals surface area contributed by atoms with Crippen LogP contribution < -0.4 is 5.32 Å². The minimum atomic E-state index is -0.348. The summed E-state index contributed by atoms with van der Waals surface area (Å²) in [6, 6.07) is 10.5. The van der Waals surface area contributed by atoms with Gasteiger partial charge in [0.15, 0.2) is 0 Å². The Kier molecular flexibility index (Phi) is 5.84. The smallest absolute Gasteiger partial charge is 0.317 e. The summed E-state index contributed by atoms with van der Waals surface area (Å²) >= 11 is 0. The van der Waals surface area contributed by atoms with E-state index in [-0.39, 0.29) is 23.4 Å². The van der Waals surface area contributed by atoms with E-state index in [2.05, 4.69) is 29.6 Å². The fraction of sp³-hybridized carbons (Fsp3) is 0.619. The molecule has 0 bridgehead atoms. The maximum absolute atomic E-state index is 13.1. The number of aryl methyl sites for hydroxylation is 1. The van der Waals surface area contributed by atoms with Crippen molar-refractivity contribution < 1.29 is 9.59 Å². The average Bonchev–Trinajstić information content (AvgIpc) is 3.04. The Balaban J connectivity index is 1.55. The predicted molar refractivity (Wildman–Crippen MR) is 103 cm³/mol. The fourth-order valence-corrected chi connectivity index (χ4v) is 4.25. The van der Waals surface area contributed by atoms with Gasteiger partial charge in [-0.2, -0.15) is 0 Å². The molecule has 2 aliphatic rings. The zero-order valence-electron chi connectivity index (χ0n) is 16.0. The number of likely N-dealkylation sites (tertiary alicyclic amines) is 2. The number of nitrogens with one attached hydrogen (secondary N) is 1. The van der Waals surface area contributed by atoms with Crippen molar-refractivity contribution in [1.82, 2.24) is 15.1 Å². The molecular weight excluding hydrogens is 326 g/mol. The molecule has 0 saturated carbocycles. The number of nitrogens with zero attached hydrogens (tertiary/aromatic N) is 2. The molecule has 2 aliphatic heterocycles. The van der Waals surface area contributed by atoms with Crippen LogP contribution in [-0.2, 0) is 11.2 Å². The van der Waals surface area contributed by atoms with Crippen molar-refractivity contribution in [1.29, 1.82) is 0 Å². The Bertz CT molecular complexity index is 631. The third-order valence-electron chi connectivity index (χ3n) is 5.61. The maximum Gasteiger partial charge on any atom is 0.317 e. The van der Waals surface area contributed by atoms with Crippen LogP contribution >= 0.6 is 0 Å². The van der Waals surface area contributed by atoms with Crippen LogP contribution in [0.25, 0.3) is 0 Å². The van der Waals surface area contributed by atoms with Crippen molar-refractivity contribution in [2.24, 2.45) is 5.41 Å². The van der Waals surface area contributed by atoms with Gasteiger partial charge in [-0.15, -0.1) is 0 Å². The summed E-state index contributed by atoms with van der Waals surface area (Å²) in [6.45, 7) is 6.84. The molecule has 0 unspecified atom stereocenters. The molecule has 1 aromatic rings. The number of hydrogen-bond donors (Lipinski definition) is 1. The molecule has 1 aromatic carbocycles. The molecule has 0 aliphatic carbocycles. The van der Waals surface area contributed by atoms with Gasteiger partial charge in [-0.3, -0.25) is 4.79 Å². The lowest BCUT2D eigenvalue weighted by atomic mass is 9.78. The van der Waals surface area contributed by atoms with Gasteiger partial charge < -0.3 is 15.1 Å². The first kappa shape index (κ1) is 18.7. The van der Waals surface area contributed by atoms with E-state index in [1.807, 2.05) is 29.7 Å². The lowest BCUT2D eigenvalue weighted by Gasteiger charge is -2.39. The third kappa shape index (κ3) is 4.19. The van der Waals surface area contributed by atoms with E-state index in [0.29, 0.717) is 13.1 Å². The number of rotatable bonds is 5. The Labute approximate surface area is 156 Å². The summed E-state index contributed by atoms with van der Waals surface area (Å²) < 4.78 is 0. The first-order valence-corrected chi connectivity index (χ1v) is 9.89. The topological polar surface area (TPSA) is 52.7 Å². The van der Waals surface area contributed by atoms with Crippen LogP contribution in [0.1, 0.15) is 45.1 Å². The first-order chi connectivity index (χ1) is 12.5. The summed E-state index contributed by atoms with van der Waals surface area (Å²) in [6.07, 6.45) is 4.74. The molecule has 26 heavy (non-hydrogen) atoms. The van der Waals surface area contributed by atoms with Crippen LogP contribution in [0.4, 0.5) is 4.79 Å². The van der Waals surface area contributed by atoms with Crippen LogP contribution in [0.2, 0.25) is 0 Å². The van der Waals surface area contributed by atoms with E-state index in [9.17, 15) is 9.59 Å². The van der Waals surface area contributed by atoms with Crippen LogP contribution in [0.3, 0.4) is 0 Å². The van der Waals surface area contributed by atoms with Crippen LogP contribution in [0.15, 0.2) is 30.3 Å². The second kappa shape index (κ2) is 8.11. The summed E-state index contributed by atoms with van der Waals surface area (Å²) in [5, 5.41) is 2.95. The van der Waals surface area contributed by atoms with Gasteiger partial charge in [-0.1, -0.05) is 30.3 Å². The summed E-state index contributed by atoms with van der Waals surface area (Å²) in [4.78, 5) is 29.3. The van der Waals surface area contributed by atoms with Gasteiger partial charge in [-0.05, 0) is 51.5 Å². The van der Waals surface area contributed by atoms with Gasteiger partial charge in [0.2, 0.25) is 5.91 Å². The number of benzene rings is 1. The molecule has 2 saturated heterocycles. The molecule has 2 heterocycles. The molecule has 5 nitrogen and oxygen atoms in total. The molecule has 3 amide bonds. The van der Waals surface area contributed by atoms with Crippen molar-refractivity contribution >= 4 is 11.9 Å². The van der Waals surface area contributed by atoms with Gasteiger partial charge >= 0.3 is 6.03 Å². The normalized spacial score (nSPS) is 23.1. The molecule has 3 rings (SSSR count). The van der Waals surface area contributed by atoms with Gasteiger partial charge in [-0.25, -0.2) is 4.79 Å². The zero-order chi connectivity index (χ0) is 18.6. The summed E-state index contributed by atoms with van der Waals surface area (Å²) in [7, 11) is 0. The summed E-state index contributed by atoms with van der Waals surface area (Å²) in [5.74, 6) is 0.261. The minimum absolute atomic E-state index is 0.0362. The lowest BCUT2D eigenvalue weighted by Crippen LogP contribution is -2.51. The largest absolute Gasteiger partial charge is 0.342 e. The maximum atomic E-state index is 13.1. The third-order valence-corrected chi connectivity index (χ3v) is 5.61. The SMILES string of the molecule is CC(C)NC(=O)N1CC[C@]2(CCCN(CCCc3ccccc3)C2=O)C1. The fourth-order valence-electron chi connectivity index (χ4n) is 4.25. The zero-order valence-corrected chi connectivity index (χ0v) is 16.0. The number of carbonyl (C=O) groups is 2. The molecular formula is C21H31N3O2. The molecule has 1 N–H and O–H groups in total. The van der Waals surface area contributed by atoms with E-state index < -0.39 is 0 Å². The molecule has 0 aromatic heterocycles. The Morgan fingerprint density at radius 3 is 2.69 bits per heavy atom. The number of amides is 3. The van der Waals surface area contributed by atoms with E-state index in [1.165, 1.54) is 5.56 Å². The summed E-state index contributed by atoms with van der Waals surface area (Å²) in [5.41, 5.74) is 0.975. The van der Waals surface area contributed by atoms with Gasteiger partial charge in [0.25, 0.3) is 0 Å². The second-order valence-electron chi connectivity index (χ2n) is 8.04. The van der Waals surface area contributed by atoms with Crippen LogP contribution in [0, 0.1) is 5.41 Å². The van der Waals surface area contributed by atoms with Crippen LogP contribution in [-0.4, -0.2) is 54.0 Å². The van der Waals surface area contributed by atoms with E-state index >= 15 is 0 Å². The van der Waals surface area contributed by atoms with E-state index in [4.69, 9.17) is 0 Å². The highest BCUT2D eigenvalue weighted by molar-refractivity contribution is 5.85. The van der Waals surface area contributed by atoms with Gasteiger partial charge in [0, 0.05) is 32.2 Å². The second-order valence-corrected chi connectivity index (χ2v) is 8.04. The van der Waals surface area contributed by atoms with Gasteiger partial charge in [0.05, 0.1) is 5.41 Å². The van der Waals surface area contributed by atoms with E-state index in [1.54, 1.807) is 0 Å². The highest BCUT2D eigenvalue weighted by Crippen LogP contribution is 2.40. The Hall–Kier alpha value is -2.04. The molecule has 2 fully saturated rings.